The Hall–Kier alpha value is -5.22. The number of aromatic nitrogens is 2. The molecule has 9 rings (SSSR count). The fraction of sp³-hybridized carbons (Fsp3) is 0.171. The van der Waals surface area contributed by atoms with Crippen molar-refractivity contribution in [2.75, 3.05) is 10.0 Å². The third-order valence-corrected chi connectivity index (χ3v) is 9.68. The van der Waals surface area contributed by atoms with Gasteiger partial charge in [0.05, 0.1) is 34.1 Å². The summed E-state index contributed by atoms with van der Waals surface area (Å²) in [5.41, 5.74) is 12.0. The van der Waals surface area contributed by atoms with E-state index in [9.17, 15) is 0 Å². The van der Waals surface area contributed by atoms with E-state index in [0.717, 1.165) is 30.6 Å². The maximum atomic E-state index is 4.62. The summed E-state index contributed by atoms with van der Waals surface area (Å²) in [6, 6.07) is 45.0. The molecule has 0 radical (unpaired) electrons. The van der Waals surface area contributed by atoms with Crippen molar-refractivity contribution < 1.29 is 0 Å². The second-order valence-corrected chi connectivity index (χ2v) is 12.5. The molecule has 1 aliphatic heterocycles. The highest BCUT2D eigenvalue weighted by Gasteiger charge is 2.38. The molecule has 0 atom stereocenters. The van der Waals surface area contributed by atoms with Crippen LogP contribution in [0, 0.1) is 0 Å². The van der Waals surface area contributed by atoms with Crippen molar-refractivity contribution in [1.82, 2.24) is 9.13 Å². The van der Waals surface area contributed by atoms with E-state index in [4.69, 9.17) is 0 Å². The van der Waals surface area contributed by atoms with Crippen LogP contribution in [-0.2, 0) is 6.54 Å². The molecule has 0 amide bonds. The molecule has 2 aliphatic rings. The summed E-state index contributed by atoms with van der Waals surface area (Å²) in [4.78, 5) is 0. The molecule has 0 saturated heterocycles. The number of hydrazine groups is 1. The lowest BCUT2D eigenvalue weighted by Gasteiger charge is -2.38. The van der Waals surface area contributed by atoms with Gasteiger partial charge in [0.25, 0.3) is 0 Å². The highest BCUT2D eigenvalue weighted by atomic mass is 15.7. The number of nitrogens with zero attached hydrogens (tertiary/aromatic N) is 4. The van der Waals surface area contributed by atoms with Crippen molar-refractivity contribution in [2.24, 2.45) is 0 Å². The van der Waals surface area contributed by atoms with Crippen LogP contribution in [0.3, 0.4) is 0 Å². The molecule has 1 saturated carbocycles. The molecule has 0 bridgehead atoms. The van der Waals surface area contributed by atoms with Gasteiger partial charge in [-0.2, -0.15) is 0 Å². The summed E-state index contributed by atoms with van der Waals surface area (Å²) < 4.78 is 5.06. The van der Waals surface area contributed by atoms with E-state index in [1.807, 2.05) is 0 Å². The van der Waals surface area contributed by atoms with Gasteiger partial charge in [-0.15, -0.1) is 0 Å². The van der Waals surface area contributed by atoms with Crippen molar-refractivity contribution in [2.45, 2.75) is 45.2 Å². The Morgan fingerprint density at radius 1 is 0.667 bits per heavy atom. The van der Waals surface area contributed by atoms with Crippen molar-refractivity contribution in [3.8, 4) is 5.69 Å². The molecule has 4 heteroatoms. The van der Waals surface area contributed by atoms with Gasteiger partial charge in [0.2, 0.25) is 0 Å². The van der Waals surface area contributed by atoms with Crippen molar-refractivity contribution in [3.63, 3.8) is 0 Å². The topological polar surface area (TPSA) is 16.3 Å². The lowest BCUT2D eigenvalue weighted by molar-refractivity contribution is 0.658. The third-order valence-electron chi connectivity index (χ3n) is 9.68. The minimum atomic E-state index is 0.449. The minimum Gasteiger partial charge on any atom is -0.326 e. The minimum absolute atomic E-state index is 0.449. The lowest BCUT2D eigenvalue weighted by atomic mass is 9.97. The summed E-state index contributed by atoms with van der Waals surface area (Å²) in [6.45, 7) is 7.89. The largest absolute Gasteiger partial charge is 0.326 e. The monoisotopic (exact) mass is 584 g/mol. The van der Waals surface area contributed by atoms with E-state index >= 15 is 0 Å². The highest BCUT2D eigenvalue weighted by molar-refractivity contribution is 6.21. The quantitative estimate of drug-likeness (QED) is 0.193. The standard InChI is InChI=1S/C41H36N4/c1-3-4-26-42-36-20-9-7-18-34(36)40-35-19-8-10-21-37(35)43(41(40)42)30-14-13-15-31(27-30)45-39-23-12-6-17-33(39)28(2)32-16-5-11-22-38(32)44(45)29-24-25-29/h5-23,27,29H,2-4,24-26H2,1H3. The first-order valence-electron chi connectivity index (χ1n) is 16.3. The number of hydrogen-bond acceptors (Lipinski definition) is 2. The molecule has 2 aromatic heterocycles. The Morgan fingerprint density at radius 2 is 1.29 bits per heavy atom. The number of unbranched alkanes of at least 4 members (excludes halogenated alkanes) is 1. The Kier molecular flexibility index (Phi) is 5.92. The summed E-state index contributed by atoms with van der Waals surface area (Å²) in [7, 11) is 0. The van der Waals surface area contributed by atoms with E-state index in [0.29, 0.717) is 6.04 Å². The Balaban J connectivity index is 1.32. The molecule has 5 aromatic carbocycles. The van der Waals surface area contributed by atoms with Crippen molar-refractivity contribution in [3.05, 3.63) is 139 Å². The zero-order valence-electron chi connectivity index (χ0n) is 25.7. The molecule has 3 heterocycles. The van der Waals surface area contributed by atoms with Crippen molar-refractivity contribution in [1.29, 1.82) is 0 Å². The van der Waals surface area contributed by atoms with Crippen LogP contribution in [-0.4, -0.2) is 15.2 Å². The number of benzene rings is 5. The number of anilines is 3. The van der Waals surface area contributed by atoms with Crippen LogP contribution in [0.1, 0.15) is 43.7 Å². The van der Waals surface area contributed by atoms with Gasteiger partial charge in [0, 0.05) is 39.5 Å². The molecule has 1 fully saturated rings. The zero-order valence-corrected chi connectivity index (χ0v) is 25.7. The molecular weight excluding hydrogens is 548 g/mol. The fourth-order valence-electron chi connectivity index (χ4n) is 7.50. The predicted octanol–water partition coefficient (Wildman–Crippen LogP) is 10.6. The van der Waals surface area contributed by atoms with E-state index < -0.39 is 0 Å². The molecule has 7 aromatic rings. The maximum Gasteiger partial charge on any atom is 0.126 e. The third kappa shape index (κ3) is 3.91. The SMILES string of the molecule is C=C1c2ccccc2N(c2cccc(-n3c4ccccc4c4c5ccccc5n(CCCC)c43)c2)N(C2CC2)c2ccccc21. The molecule has 45 heavy (non-hydrogen) atoms. The number of rotatable bonds is 6. The second-order valence-electron chi connectivity index (χ2n) is 12.5. The molecule has 0 spiro atoms. The van der Waals surface area contributed by atoms with Gasteiger partial charge in [-0.05, 0) is 67.3 Å². The van der Waals surface area contributed by atoms with Gasteiger partial charge in [-0.3, -0.25) is 14.6 Å². The predicted molar refractivity (Wildman–Crippen MR) is 190 cm³/mol. The first kappa shape index (κ1) is 26.2. The summed E-state index contributed by atoms with van der Waals surface area (Å²) >= 11 is 0. The van der Waals surface area contributed by atoms with Crippen LogP contribution in [0.2, 0.25) is 0 Å². The van der Waals surface area contributed by atoms with Gasteiger partial charge in [0.15, 0.2) is 0 Å². The molecule has 0 N–H and O–H groups in total. The normalized spacial score (nSPS) is 14.7. The summed E-state index contributed by atoms with van der Waals surface area (Å²) in [6.07, 6.45) is 4.65. The van der Waals surface area contributed by atoms with Crippen LogP contribution >= 0.6 is 0 Å². The van der Waals surface area contributed by atoms with Gasteiger partial charge in [-0.1, -0.05) is 98.8 Å². The van der Waals surface area contributed by atoms with Crippen LogP contribution in [0.15, 0.2) is 128 Å². The van der Waals surface area contributed by atoms with E-state index in [-0.39, 0.29) is 0 Å². The Bertz CT molecular complexity index is 2260. The molecule has 0 unspecified atom stereocenters. The lowest BCUT2D eigenvalue weighted by Crippen LogP contribution is -2.41. The number of fused-ring (bicyclic) bond motifs is 7. The van der Waals surface area contributed by atoms with E-state index in [2.05, 4.69) is 154 Å². The fourth-order valence-corrected chi connectivity index (χ4v) is 7.50. The van der Waals surface area contributed by atoms with E-state index in [1.165, 1.54) is 73.9 Å². The molecule has 4 nitrogen and oxygen atoms in total. The van der Waals surface area contributed by atoms with Gasteiger partial charge in [0.1, 0.15) is 5.65 Å². The highest BCUT2D eigenvalue weighted by Crippen LogP contribution is 2.48. The molecule has 220 valence electrons. The van der Waals surface area contributed by atoms with Crippen molar-refractivity contribution >= 4 is 55.5 Å². The first-order chi connectivity index (χ1) is 22.2. The number of hydrogen-bond donors (Lipinski definition) is 0. The average Bonchev–Trinajstić information content (AvgIpc) is 3.82. The average molecular weight is 585 g/mol. The van der Waals surface area contributed by atoms with Gasteiger partial charge < -0.3 is 4.57 Å². The van der Waals surface area contributed by atoms with Crippen LogP contribution in [0.4, 0.5) is 17.1 Å². The smallest absolute Gasteiger partial charge is 0.126 e. The molecule has 1 aliphatic carbocycles. The summed E-state index contributed by atoms with van der Waals surface area (Å²) in [5, 5.41) is 8.96. The zero-order chi connectivity index (χ0) is 30.1. The first-order valence-corrected chi connectivity index (χ1v) is 16.3. The number of para-hydroxylation sites is 4. The van der Waals surface area contributed by atoms with Gasteiger partial charge in [-0.25, -0.2) is 0 Å². The maximum absolute atomic E-state index is 4.62. The number of aryl methyl sites for hydroxylation is 1. The second kappa shape index (κ2) is 10.2. The van der Waals surface area contributed by atoms with E-state index in [1.54, 1.807) is 0 Å². The Labute approximate surface area is 264 Å². The van der Waals surface area contributed by atoms with Crippen LogP contribution < -0.4 is 10.0 Å². The van der Waals surface area contributed by atoms with Gasteiger partial charge >= 0.3 is 0 Å². The van der Waals surface area contributed by atoms with Crippen LogP contribution in [0.5, 0.6) is 0 Å². The summed E-state index contributed by atoms with van der Waals surface area (Å²) in [5.74, 6) is 0. The molecular formula is C41H36N4. The van der Waals surface area contributed by atoms with Crippen LogP contribution in [0.25, 0.3) is 44.1 Å². The Morgan fingerprint density at radius 3 is 2.04 bits per heavy atom.